The first-order chi connectivity index (χ1) is 17.2. The minimum absolute atomic E-state index is 0.342. The summed E-state index contributed by atoms with van der Waals surface area (Å²) in [6.07, 6.45) is 18.6. The van der Waals surface area contributed by atoms with E-state index in [4.69, 9.17) is 9.47 Å². The van der Waals surface area contributed by atoms with Gasteiger partial charge >= 0.3 is 5.97 Å². The minimum Gasteiger partial charge on any atom is -0.494 e. The van der Waals surface area contributed by atoms with Gasteiger partial charge in [0.1, 0.15) is 11.5 Å². The maximum Gasteiger partial charge on any atom is 0.343 e. The Kier molecular flexibility index (Phi) is 11.9. The lowest BCUT2D eigenvalue weighted by molar-refractivity contribution is 0.0734. The maximum absolute atomic E-state index is 12.5. The Balaban J connectivity index is 1.36. The molecule has 2 aromatic rings. The molecule has 3 heteroatoms. The van der Waals surface area contributed by atoms with E-state index < -0.39 is 0 Å². The molecule has 0 N–H and O–H groups in total. The number of benzene rings is 2. The number of aryl methyl sites for hydroxylation is 1. The highest BCUT2D eigenvalue weighted by Gasteiger charge is 2.20. The standard InChI is InChI=1S/C32H44O3/c1-3-5-7-9-25-34-30-23-19-29(20-24-30)32(33)35-31-21-17-28(18-22-31)16-15-27-13-11-26(12-14-27)10-8-6-4-2/h3,17-24,26-27H,1,4-16,25H2,2H3. The van der Waals surface area contributed by atoms with Crippen LogP contribution >= 0.6 is 0 Å². The smallest absolute Gasteiger partial charge is 0.343 e. The summed E-state index contributed by atoms with van der Waals surface area (Å²) in [6, 6.07) is 15.2. The highest BCUT2D eigenvalue weighted by atomic mass is 16.5. The molecule has 0 amide bonds. The molecule has 1 aliphatic rings. The molecule has 1 fully saturated rings. The van der Waals surface area contributed by atoms with E-state index in [2.05, 4.69) is 25.6 Å². The van der Waals surface area contributed by atoms with Crippen LogP contribution in [0.3, 0.4) is 0 Å². The van der Waals surface area contributed by atoms with Crippen molar-refractivity contribution in [2.45, 2.75) is 90.4 Å². The first kappa shape index (κ1) is 27.0. The SMILES string of the molecule is C=CCCCCOc1ccc(C(=O)Oc2ccc(CCC3CCC(CCCCC)CC3)cc2)cc1. The van der Waals surface area contributed by atoms with Crippen molar-refractivity contribution in [2.24, 2.45) is 11.8 Å². The van der Waals surface area contributed by atoms with Gasteiger partial charge in [0.15, 0.2) is 0 Å². The van der Waals surface area contributed by atoms with E-state index in [0.717, 1.165) is 43.3 Å². The second-order valence-electron chi connectivity index (χ2n) is 10.1. The normalized spacial score (nSPS) is 17.6. The van der Waals surface area contributed by atoms with Crippen LogP contribution < -0.4 is 9.47 Å². The van der Waals surface area contributed by atoms with Gasteiger partial charge in [0, 0.05) is 0 Å². The largest absolute Gasteiger partial charge is 0.494 e. The first-order valence-electron chi connectivity index (χ1n) is 13.8. The molecule has 0 unspecified atom stereocenters. The minimum atomic E-state index is -0.342. The highest BCUT2D eigenvalue weighted by molar-refractivity contribution is 5.91. The number of carbonyl (C=O) groups excluding carboxylic acids is 1. The third-order valence-electron chi connectivity index (χ3n) is 7.32. The predicted octanol–water partition coefficient (Wildman–Crippen LogP) is 8.96. The van der Waals surface area contributed by atoms with Gasteiger partial charge in [-0.15, -0.1) is 6.58 Å². The fraction of sp³-hybridized carbons (Fsp3) is 0.531. The van der Waals surface area contributed by atoms with E-state index in [0.29, 0.717) is 17.9 Å². The van der Waals surface area contributed by atoms with Crippen molar-refractivity contribution in [2.75, 3.05) is 6.61 Å². The summed E-state index contributed by atoms with van der Waals surface area (Å²) in [5.74, 6) is 2.87. The van der Waals surface area contributed by atoms with E-state index in [1.54, 1.807) is 12.1 Å². The number of allylic oxidation sites excluding steroid dienone is 1. The Morgan fingerprint density at radius 1 is 0.857 bits per heavy atom. The molecular formula is C32H44O3. The Hall–Kier alpha value is -2.55. The molecule has 0 spiro atoms. The fourth-order valence-electron chi connectivity index (χ4n) is 5.02. The van der Waals surface area contributed by atoms with E-state index in [1.165, 1.54) is 63.4 Å². The topological polar surface area (TPSA) is 35.5 Å². The molecular weight excluding hydrogens is 432 g/mol. The molecule has 0 atom stereocenters. The summed E-state index contributed by atoms with van der Waals surface area (Å²) < 4.78 is 11.3. The van der Waals surface area contributed by atoms with Crippen LogP contribution in [0.4, 0.5) is 0 Å². The van der Waals surface area contributed by atoms with Crippen LogP contribution in [-0.4, -0.2) is 12.6 Å². The van der Waals surface area contributed by atoms with Gasteiger partial charge in [-0.3, -0.25) is 0 Å². The number of esters is 1. The average molecular weight is 477 g/mol. The van der Waals surface area contributed by atoms with E-state index in [1.807, 2.05) is 30.3 Å². The van der Waals surface area contributed by atoms with Crippen molar-refractivity contribution in [1.29, 1.82) is 0 Å². The van der Waals surface area contributed by atoms with Crippen molar-refractivity contribution in [3.8, 4) is 11.5 Å². The third kappa shape index (κ3) is 9.92. The quantitative estimate of drug-likeness (QED) is 0.111. The molecule has 0 aromatic heterocycles. The third-order valence-corrected chi connectivity index (χ3v) is 7.32. The van der Waals surface area contributed by atoms with Crippen LogP contribution in [-0.2, 0) is 6.42 Å². The Morgan fingerprint density at radius 2 is 1.51 bits per heavy atom. The number of hydrogen-bond donors (Lipinski definition) is 0. The molecule has 0 heterocycles. The maximum atomic E-state index is 12.5. The molecule has 0 aliphatic heterocycles. The molecule has 1 aliphatic carbocycles. The fourth-order valence-corrected chi connectivity index (χ4v) is 5.02. The van der Waals surface area contributed by atoms with Crippen molar-refractivity contribution in [3.63, 3.8) is 0 Å². The predicted molar refractivity (Wildman–Crippen MR) is 145 cm³/mol. The molecule has 0 saturated heterocycles. The van der Waals surface area contributed by atoms with Gasteiger partial charge in [-0.05, 0) is 85.9 Å². The molecule has 35 heavy (non-hydrogen) atoms. The number of unbranched alkanes of at least 4 members (excludes halogenated alkanes) is 4. The Morgan fingerprint density at radius 3 is 2.17 bits per heavy atom. The zero-order valence-corrected chi connectivity index (χ0v) is 21.7. The van der Waals surface area contributed by atoms with Crippen LogP contribution in [0.5, 0.6) is 11.5 Å². The summed E-state index contributed by atoms with van der Waals surface area (Å²) in [6.45, 7) is 6.69. The zero-order chi connectivity index (χ0) is 24.7. The highest BCUT2D eigenvalue weighted by Crippen LogP contribution is 2.34. The number of hydrogen-bond acceptors (Lipinski definition) is 3. The molecule has 3 rings (SSSR count). The second-order valence-corrected chi connectivity index (χ2v) is 10.1. The summed E-state index contributed by atoms with van der Waals surface area (Å²) in [4.78, 5) is 12.5. The van der Waals surface area contributed by atoms with Crippen LogP contribution in [0.15, 0.2) is 61.2 Å². The van der Waals surface area contributed by atoms with E-state index in [9.17, 15) is 4.79 Å². The zero-order valence-electron chi connectivity index (χ0n) is 21.7. The van der Waals surface area contributed by atoms with Gasteiger partial charge in [0.2, 0.25) is 0 Å². The first-order valence-corrected chi connectivity index (χ1v) is 13.8. The number of carbonyl (C=O) groups is 1. The average Bonchev–Trinajstić information content (AvgIpc) is 2.89. The lowest BCUT2D eigenvalue weighted by atomic mass is 9.78. The lowest BCUT2D eigenvalue weighted by Gasteiger charge is -2.28. The Labute approximate surface area is 212 Å². The molecule has 3 nitrogen and oxygen atoms in total. The van der Waals surface area contributed by atoms with Gasteiger partial charge < -0.3 is 9.47 Å². The molecule has 190 valence electrons. The van der Waals surface area contributed by atoms with Crippen molar-refractivity contribution < 1.29 is 14.3 Å². The number of rotatable bonds is 15. The van der Waals surface area contributed by atoms with E-state index >= 15 is 0 Å². The van der Waals surface area contributed by atoms with Crippen molar-refractivity contribution >= 4 is 5.97 Å². The second kappa shape index (κ2) is 15.4. The van der Waals surface area contributed by atoms with Crippen molar-refractivity contribution in [1.82, 2.24) is 0 Å². The molecule has 0 bridgehead atoms. The number of ether oxygens (including phenoxy) is 2. The summed E-state index contributed by atoms with van der Waals surface area (Å²) in [7, 11) is 0. The molecule has 1 saturated carbocycles. The summed E-state index contributed by atoms with van der Waals surface area (Å²) in [5.41, 5.74) is 1.85. The van der Waals surface area contributed by atoms with Crippen LogP contribution in [0.25, 0.3) is 0 Å². The van der Waals surface area contributed by atoms with Crippen LogP contribution in [0, 0.1) is 11.8 Å². The van der Waals surface area contributed by atoms with Gasteiger partial charge in [0.05, 0.1) is 12.2 Å². The molecule has 2 aromatic carbocycles. The van der Waals surface area contributed by atoms with Gasteiger partial charge in [-0.1, -0.05) is 76.5 Å². The van der Waals surface area contributed by atoms with Gasteiger partial charge in [-0.2, -0.15) is 0 Å². The Bertz CT molecular complexity index is 861. The molecule has 0 radical (unpaired) electrons. The van der Waals surface area contributed by atoms with Crippen LogP contribution in [0.2, 0.25) is 0 Å². The summed E-state index contributed by atoms with van der Waals surface area (Å²) >= 11 is 0. The monoisotopic (exact) mass is 476 g/mol. The van der Waals surface area contributed by atoms with Gasteiger partial charge in [0.25, 0.3) is 0 Å². The van der Waals surface area contributed by atoms with Crippen molar-refractivity contribution in [3.05, 3.63) is 72.3 Å². The summed E-state index contributed by atoms with van der Waals surface area (Å²) in [5, 5.41) is 0. The van der Waals surface area contributed by atoms with E-state index in [-0.39, 0.29) is 5.97 Å². The van der Waals surface area contributed by atoms with Crippen LogP contribution in [0.1, 0.15) is 99.9 Å². The van der Waals surface area contributed by atoms with Gasteiger partial charge in [-0.25, -0.2) is 4.79 Å². The lowest BCUT2D eigenvalue weighted by Crippen LogP contribution is -2.15.